The summed E-state index contributed by atoms with van der Waals surface area (Å²) in [6, 6.07) is 4.95. The minimum atomic E-state index is -4.62. The molecule has 1 unspecified atom stereocenters. The van der Waals surface area contributed by atoms with Crippen molar-refractivity contribution in [2.45, 2.75) is 19.1 Å². The molecule has 0 saturated heterocycles. The molecule has 4 nitrogen and oxygen atoms in total. The number of halogens is 4. The van der Waals surface area contributed by atoms with Crippen molar-refractivity contribution in [2.75, 3.05) is 6.54 Å². The molecule has 0 amide bonds. The maximum atomic E-state index is 12.7. The first kappa shape index (κ1) is 16.2. The number of nitrogens with one attached hydrogen (secondary N) is 1. The van der Waals surface area contributed by atoms with E-state index < -0.39 is 36.3 Å². The number of hydrogen-bond acceptors (Lipinski definition) is 3. The normalized spacial score (nSPS) is 15.9. The molecule has 0 saturated carbocycles. The highest BCUT2D eigenvalue weighted by Gasteiger charge is 2.42. The third-order valence-corrected chi connectivity index (χ3v) is 2.87. The quantitative estimate of drug-likeness (QED) is 0.257. The Labute approximate surface area is 113 Å². The van der Waals surface area contributed by atoms with E-state index in [1.165, 1.54) is 24.3 Å². The average Bonchev–Trinajstić information content (AvgIpc) is 2.37. The molecule has 0 spiro atoms. The molecular weight excluding hydrogens is 278 g/mol. The summed E-state index contributed by atoms with van der Waals surface area (Å²) in [6.07, 6.45) is -4.62. The van der Waals surface area contributed by atoms with E-state index in [2.05, 4.69) is 10.5 Å². The fraction of sp³-hybridized carbons (Fsp3) is 0.417. The van der Waals surface area contributed by atoms with Gasteiger partial charge >= 0.3 is 6.18 Å². The molecule has 1 aromatic carbocycles. The summed E-state index contributed by atoms with van der Waals surface area (Å²) in [4.78, 5) is 0. The van der Waals surface area contributed by atoms with Crippen LogP contribution in [0.3, 0.4) is 0 Å². The fourth-order valence-electron chi connectivity index (χ4n) is 1.62. The fourth-order valence-corrected chi connectivity index (χ4v) is 1.62. The first-order valence-electron chi connectivity index (χ1n) is 5.78. The Morgan fingerprint density at radius 2 is 1.90 bits per heavy atom. The Kier molecular flexibility index (Phi) is 5.32. The Morgan fingerprint density at radius 1 is 1.35 bits per heavy atom. The van der Waals surface area contributed by atoms with E-state index >= 15 is 0 Å². The van der Waals surface area contributed by atoms with Crippen LogP contribution in [-0.2, 0) is 0 Å². The largest absolute Gasteiger partial charge is 0.409 e. The average molecular weight is 293 g/mol. The lowest BCUT2D eigenvalue weighted by molar-refractivity contribution is -0.155. The maximum Gasteiger partial charge on any atom is 0.400 e. The molecule has 0 aromatic heterocycles. The van der Waals surface area contributed by atoms with Crippen molar-refractivity contribution < 1.29 is 22.8 Å². The van der Waals surface area contributed by atoms with E-state index in [-0.39, 0.29) is 0 Å². The first-order valence-corrected chi connectivity index (χ1v) is 5.78. The molecule has 1 aromatic rings. The number of oxime groups is 1. The van der Waals surface area contributed by atoms with Gasteiger partial charge in [0.05, 0.1) is 0 Å². The van der Waals surface area contributed by atoms with Gasteiger partial charge in [0.1, 0.15) is 11.7 Å². The van der Waals surface area contributed by atoms with Crippen molar-refractivity contribution in [1.82, 2.24) is 5.32 Å². The van der Waals surface area contributed by atoms with E-state index in [4.69, 9.17) is 10.9 Å². The predicted octanol–water partition coefficient (Wildman–Crippen LogP) is 2.40. The van der Waals surface area contributed by atoms with Crippen molar-refractivity contribution >= 4 is 5.84 Å². The van der Waals surface area contributed by atoms with Crippen molar-refractivity contribution in [1.29, 1.82) is 0 Å². The number of alkyl halides is 3. The highest BCUT2D eigenvalue weighted by atomic mass is 19.4. The zero-order valence-electron chi connectivity index (χ0n) is 10.7. The molecule has 112 valence electrons. The summed E-state index contributed by atoms with van der Waals surface area (Å²) in [5.74, 6) is -3.42. The van der Waals surface area contributed by atoms with Crippen molar-refractivity contribution in [3.05, 3.63) is 35.6 Å². The highest BCUT2D eigenvalue weighted by molar-refractivity contribution is 5.83. The van der Waals surface area contributed by atoms with Crippen LogP contribution in [0.1, 0.15) is 18.5 Å². The molecule has 20 heavy (non-hydrogen) atoms. The van der Waals surface area contributed by atoms with E-state index in [0.29, 0.717) is 5.56 Å². The molecular formula is C12H15F4N3O. The standard InChI is InChI=1S/C12H15F4N3O/c1-7(8-2-4-9(13)5-3-8)18-6-10(11(17)19-20)12(14,15)16/h2-5,7,10,18,20H,6H2,1H3,(H2,17,19)/t7-,10?/m1/s1. The second-order valence-corrected chi connectivity index (χ2v) is 4.30. The smallest absolute Gasteiger partial charge is 0.400 e. The van der Waals surface area contributed by atoms with Crippen molar-refractivity contribution in [2.24, 2.45) is 16.8 Å². The van der Waals surface area contributed by atoms with Crippen LogP contribution in [0, 0.1) is 11.7 Å². The summed E-state index contributed by atoms with van der Waals surface area (Å²) in [6.45, 7) is 1.09. The second-order valence-electron chi connectivity index (χ2n) is 4.30. The van der Waals surface area contributed by atoms with Gasteiger partial charge < -0.3 is 16.3 Å². The van der Waals surface area contributed by atoms with Crippen LogP contribution in [0.15, 0.2) is 29.4 Å². The third kappa shape index (κ3) is 4.37. The second kappa shape index (κ2) is 6.56. The molecule has 8 heteroatoms. The van der Waals surface area contributed by atoms with E-state index in [1.807, 2.05) is 0 Å². The van der Waals surface area contributed by atoms with Crippen molar-refractivity contribution in [3.8, 4) is 0 Å². The topological polar surface area (TPSA) is 70.6 Å². The predicted molar refractivity (Wildman–Crippen MR) is 65.8 cm³/mol. The number of nitrogens with zero attached hydrogens (tertiary/aromatic N) is 1. The number of hydrogen-bond donors (Lipinski definition) is 3. The van der Waals surface area contributed by atoms with Gasteiger partial charge in [-0.2, -0.15) is 13.2 Å². The van der Waals surface area contributed by atoms with Crippen LogP contribution in [0.5, 0.6) is 0 Å². The van der Waals surface area contributed by atoms with Gasteiger partial charge in [0.25, 0.3) is 0 Å². The molecule has 4 N–H and O–H groups in total. The van der Waals surface area contributed by atoms with Gasteiger partial charge in [0.2, 0.25) is 0 Å². The monoisotopic (exact) mass is 293 g/mol. The van der Waals surface area contributed by atoms with Gasteiger partial charge in [0, 0.05) is 12.6 Å². The van der Waals surface area contributed by atoms with Crippen LogP contribution < -0.4 is 11.1 Å². The van der Waals surface area contributed by atoms with Crippen molar-refractivity contribution in [3.63, 3.8) is 0 Å². The summed E-state index contributed by atoms with van der Waals surface area (Å²) in [7, 11) is 0. The van der Waals surface area contributed by atoms with Crippen LogP contribution in [0.2, 0.25) is 0 Å². The molecule has 0 heterocycles. The summed E-state index contributed by atoms with van der Waals surface area (Å²) >= 11 is 0. The highest BCUT2D eigenvalue weighted by Crippen LogP contribution is 2.26. The van der Waals surface area contributed by atoms with E-state index in [1.54, 1.807) is 6.92 Å². The molecule has 0 radical (unpaired) electrons. The van der Waals surface area contributed by atoms with Crippen LogP contribution in [0.25, 0.3) is 0 Å². The van der Waals surface area contributed by atoms with Gasteiger partial charge in [-0.1, -0.05) is 17.3 Å². The molecule has 0 bridgehead atoms. The van der Waals surface area contributed by atoms with Gasteiger partial charge in [-0.25, -0.2) is 4.39 Å². The molecule has 1 rings (SSSR count). The van der Waals surface area contributed by atoms with E-state index in [0.717, 1.165) is 0 Å². The molecule has 0 fully saturated rings. The third-order valence-electron chi connectivity index (χ3n) is 2.87. The molecule has 2 atom stereocenters. The number of benzene rings is 1. The van der Waals surface area contributed by atoms with Crippen LogP contribution >= 0.6 is 0 Å². The van der Waals surface area contributed by atoms with Crippen LogP contribution in [0.4, 0.5) is 17.6 Å². The molecule has 0 aliphatic heterocycles. The number of amidine groups is 1. The van der Waals surface area contributed by atoms with Gasteiger partial charge in [-0.05, 0) is 24.6 Å². The first-order chi connectivity index (χ1) is 9.25. The minimum absolute atomic E-state index is 0.425. The van der Waals surface area contributed by atoms with E-state index in [9.17, 15) is 17.6 Å². The van der Waals surface area contributed by atoms with Crippen LogP contribution in [-0.4, -0.2) is 23.8 Å². The summed E-state index contributed by atoms with van der Waals surface area (Å²) in [5, 5.41) is 13.4. The Balaban J connectivity index is 2.70. The lowest BCUT2D eigenvalue weighted by Gasteiger charge is -2.22. The maximum absolute atomic E-state index is 12.7. The lowest BCUT2D eigenvalue weighted by atomic mass is 10.1. The van der Waals surface area contributed by atoms with Gasteiger partial charge in [0.15, 0.2) is 5.84 Å². The number of nitrogens with two attached hydrogens (primary N) is 1. The van der Waals surface area contributed by atoms with Gasteiger partial charge in [-0.3, -0.25) is 0 Å². The summed E-state index contributed by atoms with van der Waals surface area (Å²) in [5.41, 5.74) is 5.67. The lowest BCUT2D eigenvalue weighted by Crippen LogP contribution is -2.43. The Bertz CT molecular complexity index is 459. The summed E-state index contributed by atoms with van der Waals surface area (Å²) < 4.78 is 50.8. The minimum Gasteiger partial charge on any atom is -0.409 e. The molecule has 0 aliphatic carbocycles. The SMILES string of the molecule is C[C@@H](NCC(/C(N)=N/O)C(F)(F)F)c1ccc(F)cc1. The zero-order chi connectivity index (χ0) is 15.3. The van der Waals surface area contributed by atoms with Gasteiger partial charge in [-0.15, -0.1) is 0 Å². The Morgan fingerprint density at radius 3 is 2.35 bits per heavy atom. The molecule has 0 aliphatic rings. The Hall–Kier alpha value is -1.83. The zero-order valence-corrected chi connectivity index (χ0v) is 10.7. The number of rotatable bonds is 5.